The van der Waals surface area contributed by atoms with Gasteiger partial charge in [-0.25, -0.2) is 4.98 Å². The molecular formula is C19H18Cl2N4OS. The number of benzene rings is 2. The minimum absolute atomic E-state index is 0.239. The number of fused-ring (bicyclic) bond motifs is 1. The van der Waals surface area contributed by atoms with E-state index < -0.39 is 0 Å². The number of amides is 1. The third-order valence-corrected chi connectivity index (χ3v) is 5.82. The summed E-state index contributed by atoms with van der Waals surface area (Å²) in [6.07, 6.45) is 0.842. The van der Waals surface area contributed by atoms with E-state index in [4.69, 9.17) is 23.2 Å². The Hall–Kier alpha value is -2.15. The Morgan fingerprint density at radius 2 is 2.04 bits per heavy atom. The topological polar surface area (TPSA) is 66.4 Å². The average Bonchev–Trinajstić information content (AvgIpc) is 3.09. The summed E-state index contributed by atoms with van der Waals surface area (Å²) >= 11 is 14.2. The molecule has 140 valence electrons. The third kappa shape index (κ3) is 4.24. The maximum absolute atomic E-state index is 12.6. The highest BCUT2D eigenvalue weighted by Gasteiger charge is 2.17. The summed E-state index contributed by atoms with van der Waals surface area (Å²) in [5.41, 5.74) is 6.37. The molecular weight excluding hydrogens is 403 g/mol. The number of nitrogens with zero attached hydrogens (tertiary/aromatic N) is 2. The van der Waals surface area contributed by atoms with Crippen LogP contribution in [0.15, 0.2) is 35.4 Å². The normalized spacial score (nSPS) is 11.7. The van der Waals surface area contributed by atoms with Crippen molar-refractivity contribution in [1.82, 2.24) is 4.98 Å². The highest BCUT2D eigenvalue weighted by molar-refractivity contribution is 7.23. The number of carbonyl (C=O) groups excluding carboxylic acids is 1. The molecule has 0 aliphatic rings. The van der Waals surface area contributed by atoms with Crippen molar-refractivity contribution < 1.29 is 4.79 Å². The van der Waals surface area contributed by atoms with Gasteiger partial charge >= 0.3 is 0 Å². The van der Waals surface area contributed by atoms with E-state index >= 15 is 0 Å². The van der Waals surface area contributed by atoms with Crippen LogP contribution in [0.25, 0.3) is 10.2 Å². The Balaban J connectivity index is 1.94. The smallest absolute Gasteiger partial charge is 0.255 e. The van der Waals surface area contributed by atoms with E-state index in [9.17, 15) is 4.79 Å². The van der Waals surface area contributed by atoms with Crippen molar-refractivity contribution in [3.8, 4) is 0 Å². The number of halogens is 2. The first-order chi connectivity index (χ1) is 12.9. The summed E-state index contributed by atoms with van der Waals surface area (Å²) < 4.78 is 0.691. The molecule has 2 N–H and O–H groups in total. The van der Waals surface area contributed by atoms with Crippen LogP contribution in [0.5, 0.6) is 0 Å². The van der Waals surface area contributed by atoms with Crippen LogP contribution in [-0.4, -0.2) is 16.6 Å². The molecule has 0 fully saturated rings. The van der Waals surface area contributed by atoms with Gasteiger partial charge in [-0.15, -0.1) is 0 Å². The van der Waals surface area contributed by atoms with Crippen LogP contribution in [0.1, 0.15) is 36.2 Å². The number of anilines is 2. The first-order valence-corrected chi connectivity index (χ1v) is 9.92. The molecule has 1 aromatic heterocycles. The van der Waals surface area contributed by atoms with Crippen LogP contribution < -0.4 is 10.7 Å². The molecule has 3 rings (SSSR count). The molecule has 0 unspecified atom stereocenters. The second-order valence-electron chi connectivity index (χ2n) is 6.00. The van der Waals surface area contributed by atoms with Gasteiger partial charge in [-0.1, -0.05) is 59.7 Å². The van der Waals surface area contributed by atoms with Crippen LogP contribution >= 0.6 is 34.5 Å². The van der Waals surface area contributed by atoms with E-state index in [-0.39, 0.29) is 5.91 Å². The molecule has 8 heteroatoms. The largest absolute Gasteiger partial charge is 0.321 e. The van der Waals surface area contributed by atoms with Crippen molar-refractivity contribution in [2.45, 2.75) is 27.2 Å². The lowest BCUT2D eigenvalue weighted by Gasteiger charge is -2.10. The van der Waals surface area contributed by atoms with Crippen LogP contribution in [0.2, 0.25) is 10.0 Å². The van der Waals surface area contributed by atoms with Gasteiger partial charge in [-0.2, -0.15) is 5.10 Å². The van der Waals surface area contributed by atoms with Gasteiger partial charge in [0.25, 0.3) is 5.91 Å². The Morgan fingerprint density at radius 1 is 1.30 bits per heavy atom. The summed E-state index contributed by atoms with van der Waals surface area (Å²) in [5.74, 6) is -0.239. The second kappa shape index (κ2) is 8.25. The number of aromatic nitrogens is 1. The molecule has 0 bridgehead atoms. The van der Waals surface area contributed by atoms with Crippen molar-refractivity contribution in [3.05, 3.63) is 51.5 Å². The summed E-state index contributed by atoms with van der Waals surface area (Å²) in [4.78, 5) is 17.0. The van der Waals surface area contributed by atoms with Crippen LogP contribution in [0.3, 0.4) is 0 Å². The number of thiazole rings is 1. The summed E-state index contributed by atoms with van der Waals surface area (Å²) in [6.45, 7) is 5.84. The zero-order valence-corrected chi connectivity index (χ0v) is 17.4. The van der Waals surface area contributed by atoms with Crippen molar-refractivity contribution in [2.24, 2.45) is 5.10 Å². The summed E-state index contributed by atoms with van der Waals surface area (Å²) in [6, 6.07) is 8.97. The highest BCUT2D eigenvalue weighted by Crippen LogP contribution is 2.41. The molecule has 0 atom stereocenters. The molecule has 1 amide bonds. The van der Waals surface area contributed by atoms with E-state index in [2.05, 4.69) is 20.8 Å². The molecule has 1 heterocycles. The Morgan fingerprint density at radius 3 is 2.74 bits per heavy atom. The third-order valence-electron chi connectivity index (χ3n) is 4.05. The van der Waals surface area contributed by atoms with Crippen LogP contribution in [0, 0.1) is 6.92 Å². The van der Waals surface area contributed by atoms with Crippen molar-refractivity contribution in [2.75, 3.05) is 10.7 Å². The molecule has 0 aliphatic carbocycles. The summed E-state index contributed by atoms with van der Waals surface area (Å²) in [7, 11) is 0. The van der Waals surface area contributed by atoms with Crippen molar-refractivity contribution >= 4 is 67.2 Å². The molecule has 27 heavy (non-hydrogen) atoms. The fourth-order valence-corrected chi connectivity index (χ4v) is 3.87. The predicted octanol–water partition coefficient (Wildman–Crippen LogP) is 6.36. The number of hydrogen-bond acceptors (Lipinski definition) is 5. The second-order valence-corrected chi connectivity index (χ2v) is 7.78. The number of aryl methyl sites for hydroxylation is 1. The van der Waals surface area contributed by atoms with Gasteiger partial charge in [0.1, 0.15) is 5.52 Å². The zero-order chi connectivity index (χ0) is 19.6. The quantitative estimate of drug-likeness (QED) is 0.372. The molecule has 0 radical (unpaired) electrons. The van der Waals surface area contributed by atoms with E-state index in [1.807, 2.05) is 39.0 Å². The summed E-state index contributed by atoms with van der Waals surface area (Å²) in [5, 5.41) is 8.49. The predicted molar refractivity (Wildman–Crippen MR) is 116 cm³/mol. The Bertz CT molecular complexity index is 1050. The first-order valence-electron chi connectivity index (χ1n) is 8.35. The van der Waals surface area contributed by atoms with E-state index in [1.54, 1.807) is 12.1 Å². The van der Waals surface area contributed by atoms with Gasteiger partial charge in [-0.3, -0.25) is 10.2 Å². The van der Waals surface area contributed by atoms with E-state index in [0.717, 1.165) is 17.7 Å². The van der Waals surface area contributed by atoms with E-state index in [1.165, 1.54) is 11.3 Å². The zero-order valence-electron chi connectivity index (χ0n) is 15.1. The lowest BCUT2D eigenvalue weighted by molar-refractivity contribution is 0.102. The van der Waals surface area contributed by atoms with Gasteiger partial charge in [0, 0.05) is 11.3 Å². The molecule has 2 aromatic carbocycles. The number of hydrazone groups is 1. The minimum atomic E-state index is -0.239. The number of hydrogen-bond donors (Lipinski definition) is 2. The highest BCUT2D eigenvalue weighted by atomic mass is 35.5. The number of nitrogens with one attached hydrogen (secondary N) is 2. The Labute approximate surface area is 171 Å². The lowest BCUT2D eigenvalue weighted by Crippen LogP contribution is -2.13. The number of rotatable bonds is 5. The Kier molecular flexibility index (Phi) is 5.99. The van der Waals surface area contributed by atoms with Gasteiger partial charge in [-0.05, 0) is 38.0 Å². The molecule has 0 aliphatic heterocycles. The lowest BCUT2D eigenvalue weighted by atomic mass is 10.1. The molecule has 0 saturated carbocycles. The SMILES string of the molecule is CC/C(C)=N\Nc1nc2c(Cl)cc(NC(=O)c3ccccc3C)c(Cl)c2s1. The minimum Gasteiger partial charge on any atom is -0.321 e. The van der Waals surface area contributed by atoms with Crippen molar-refractivity contribution in [3.63, 3.8) is 0 Å². The van der Waals surface area contributed by atoms with E-state index in [0.29, 0.717) is 36.6 Å². The maximum atomic E-state index is 12.6. The standard InChI is InChI=1S/C19H18Cl2N4OS/c1-4-11(3)24-25-19-23-16-13(20)9-14(15(21)17(16)27-19)22-18(26)12-8-6-5-7-10(12)2/h5-9H,4H2,1-3H3,(H,22,26)(H,23,25)/b24-11-. The molecule has 0 spiro atoms. The molecule has 5 nitrogen and oxygen atoms in total. The van der Waals surface area contributed by atoms with Gasteiger partial charge in [0.15, 0.2) is 0 Å². The fourth-order valence-electron chi connectivity index (χ4n) is 2.39. The van der Waals surface area contributed by atoms with Gasteiger partial charge in [0.05, 0.1) is 20.4 Å². The number of carbonyl (C=O) groups is 1. The van der Waals surface area contributed by atoms with Crippen molar-refractivity contribution in [1.29, 1.82) is 0 Å². The first kappa shape index (κ1) is 19.6. The average molecular weight is 421 g/mol. The fraction of sp³-hybridized carbons (Fsp3) is 0.211. The van der Waals surface area contributed by atoms with Gasteiger partial charge < -0.3 is 5.32 Å². The van der Waals surface area contributed by atoms with Crippen LogP contribution in [-0.2, 0) is 0 Å². The monoisotopic (exact) mass is 420 g/mol. The maximum Gasteiger partial charge on any atom is 0.255 e. The van der Waals surface area contributed by atoms with Crippen LogP contribution in [0.4, 0.5) is 10.8 Å². The van der Waals surface area contributed by atoms with Gasteiger partial charge in [0.2, 0.25) is 5.13 Å². The molecule has 3 aromatic rings. The molecule has 0 saturated heterocycles.